The van der Waals surface area contributed by atoms with Gasteiger partial charge in [0.1, 0.15) is 0 Å². The molecular weight excluding hydrogens is 641 g/mol. The van der Waals surface area contributed by atoms with Crippen LogP contribution in [0.2, 0.25) is 0 Å². The van der Waals surface area contributed by atoms with Gasteiger partial charge in [0.25, 0.3) is 0 Å². The standard InChI is InChI=1S/C48H28S2/c1-2-12-30(13-3-1)44-34-16-5-7-18-36(34)45(37-19-8-6-17-35(37)44)31-24-22-29(23-25-31)41-28-42-40-27-26-39-33-15-10-11-21-43(33)49-47(39)48(40)50-46(42)38-20-9-4-14-32(38)41/h1-28H. The number of hydrogen-bond donors (Lipinski definition) is 0. The van der Waals surface area contributed by atoms with Gasteiger partial charge in [-0.25, -0.2) is 0 Å². The highest BCUT2D eigenvalue weighted by atomic mass is 32.1. The quantitative estimate of drug-likeness (QED) is 0.164. The zero-order chi connectivity index (χ0) is 32.8. The maximum absolute atomic E-state index is 2.45. The Bertz CT molecular complexity index is 3070. The Balaban J connectivity index is 1.12. The van der Waals surface area contributed by atoms with Crippen LogP contribution in [0.4, 0.5) is 0 Å². The van der Waals surface area contributed by atoms with Gasteiger partial charge in [-0.3, -0.25) is 0 Å². The third kappa shape index (κ3) is 4.04. The second-order valence-electron chi connectivity index (χ2n) is 13.2. The first kappa shape index (κ1) is 28.1. The van der Waals surface area contributed by atoms with Gasteiger partial charge in [0.05, 0.1) is 9.40 Å². The van der Waals surface area contributed by atoms with E-state index in [1.165, 1.54) is 106 Å². The topological polar surface area (TPSA) is 0 Å². The van der Waals surface area contributed by atoms with Crippen LogP contribution >= 0.6 is 22.7 Å². The summed E-state index contributed by atoms with van der Waals surface area (Å²) in [5.41, 5.74) is 7.60. The molecule has 11 rings (SSSR count). The predicted octanol–water partition coefficient (Wildman–Crippen LogP) is 14.9. The zero-order valence-corrected chi connectivity index (χ0v) is 28.6. The van der Waals surface area contributed by atoms with Crippen molar-refractivity contribution in [3.8, 4) is 33.4 Å². The highest BCUT2D eigenvalue weighted by Crippen LogP contribution is 2.48. The molecule has 0 aliphatic carbocycles. The fraction of sp³-hybridized carbons (Fsp3) is 0. The lowest BCUT2D eigenvalue weighted by Crippen LogP contribution is -1.91. The van der Waals surface area contributed by atoms with Crippen LogP contribution in [0.1, 0.15) is 0 Å². The fourth-order valence-electron chi connectivity index (χ4n) is 8.25. The van der Waals surface area contributed by atoms with E-state index in [0.717, 1.165) is 0 Å². The van der Waals surface area contributed by atoms with Crippen LogP contribution in [0, 0.1) is 0 Å². The molecule has 0 N–H and O–H groups in total. The minimum atomic E-state index is 1.24. The van der Waals surface area contributed by atoms with Crippen LogP contribution in [0.5, 0.6) is 0 Å². The largest absolute Gasteiger partial charge is 0.134 e. The smallest absolute Gasteiger partial charge is 0.0534 e. The molecule has 11 aromatic rings. The summed E-state index contributed by atoms with van der Waals surface area (Å²) in [6.45, 7) is 0. The van der Waals surface area contributed by atoms with E-state index in [1.54, 1.807) is 0 Å². The van der Waals surface area contributed by atoms with Crippen LogP contribution in [-0.2, 0) is 0 Å². The van der Waals surface area contributed by atoms with Crippen molar-refractivity contribution in [3.05, 3.63) is 170 Å². The lowest BCUT2D eigenvalue weighted by atomic mass is 9.85. The maximum atomic E-state index is 2.45. The molecule has 0 fully saturated rings. The number of benzene rings is 9. The van der Waals surface area contributed by atoms with Crippen molar-refractivity contribution in [1.82, 2.24) is 0 Å². The van der Waals surface area contributed by atoms with Crippen molar-refractivity contribution in [2.24, 2.45) is 0 Å². The van der Waals surface area contributed by atoms with Crippen molar-refractivity contribution in [1.29, 1.82) is 0 Å². The van der Waals surface area contributed by atoms with E-state index in [-0.39, 0.29) is 0 Å². The van der Waals surface area contributed by atoms with Gasteiger partial charge in [-0.05, 0) is 72.4 Å². The highest BCUT2D eigenvalue weighted by Gasteiger charge is 2.19. The molecule has 2 heterocycles. The first-order valence-electron chi connectivity index (χ1n) is 17.1. The average Bonchev–Trinajstić information content (AvgIpc) is 3.76. The molecule has 0 nitrogen and oxygen atoms in total. The number of rotatable bonds is 3. The summed E-state index contributed by atoms with van der Waals surface area (Å²) in [5, 5.41) is 13.2. The lowest BCUT2D eigenvalue weighted by Gasteiger charge is -2.18. The molecule has 232 valence electrons. The number of thiophene rings is 2. The average molecular weight is 669 g/mol. The van der Waals surface area contributed by atoms with E-state index in [2.05, 4.69) is 170 Å². The Morgan fingerprint density at radius 3 is 1.34 bits per heavy atom. The lowest BCUT2D eigenvalue weighted by molar-refractivity contribution is 1.64. The molecule has 2 aromatic heterocycles. The molecule has 9 aromatic carbocycles. The Hall–Kier alpha value is -5.80. The summed E-state index contributed by atoms with van der Waals surface area (Å²) in [6.07, 6.45) is 0. The van der Waals surface area contributed by atoms with E-state index < -0.39 is 0 Å². The molecule has 0 unspecified atom stereocenters. The SMILES string of the molecule is c1ccc(-c2c3ccccc3c(-c3ccc(-c4cc5c6ccc7c8ccccc8sc7c6sc5c5ccccc45)cc3)c3ccccc23)cc1. The summed E-state index contributed by atoms with van der Waals surface area (Å²) in [6, 6.07) is 62.8. The highest BCUT2D eigenvalue weighted by molar-refractivity contribution is 7.34. The molecule has 0 aliphatic heterocycles. The second-order valence-corrected chi connectivity index (χ2v) is 15.2. The molecule has 0 saturated heterocycles. The summed E-state index contributed by atoms with van der Waals surface area (Å²) in [7, 11) is 0. The monoisotopic (exact) mass is 668 g/mol. The minimum absolute atomic E-state index is 1.24. The fourth-order valence-corrected chi connectivity index (χ4v) is 10.9. The van der Waals surface area contributed by atoms with Crippen molar-refractivity contribution in [2.75, 3.05) is 0 Å². The molecular formula is C48H28S2. The Morgan fingerprint density at radius 2 is 0.700 bits per heavy atom. The van der Waals surface area contributed by atoms with Crippen molar-refractivity contribution < 1.29 is 0 Å². The summed E-state index contributed by atoms with van der Waals surface area (Å²) >= 11 is 3.87. The zero-order valence-electron chi connectivity index (χ0n) is 27.0. The van der Waals surface area contributed by atoms with Crippen molar-refractivity contribution >= 4 is 95.3 Å². The molecule has 0 amide bonds. The first-order valence-corrected chi connectivity index (χ1v) is 18.7. The predicted molar refractivity (Wildman–Crippen MR) is 221 cm³/mol. The summed E-state index contributed by atoms with van der Waals surface area (Å²) in [4.78, 5) is 0. The molecule has 0 radical (unpaired) electrons. The van der Waals surface area contributed by atoms with Gasteiger partial charge in [0.15, 0.2) is 0 Å². The third-order valence-corrected chi connectivity index (χ3v) is 13.1. The number of fused-ring (bicyclic) bond motifs is 11. The molecule has 0 spiro atoms. The Kier molecular flexibility index (Phi) is 6.09. The van der Waals surface area contributed by atoms with Crippen LogP contribution < -0.4 is 0 Å². The van der Waals surface area contributed by atoms with Gasteiger partial charge in [-0.1, -0.05) is 158 Å². The molecule has 50 heavy (non-hydrogen) atoms. The summed E-state index contributed by atoms with van der Waals surface area (Å²) < 4.78 is 5.53. The first-order chi connectivity index (χ1) is 24.8. The van der Waals surface area contributed by atoms with Gasteiger partial charge in [-0.15, -0.1) is 22.7 Å². The Morgan fingerprint density at radius 1 is 0.260 bits per heavy atom. The number of hydrogen-bond acceptors (Lipinski definition) is 2. The summed E-state index contributed by atoms with van der Waals surface area (Å²) in [5.74, 6) is 0. The van der Waals surface area contributed by atoms with Crippen LogP contribution in [-0.4, -0.2) is 0 Å². The van der Waals surface area contributed by atoms with Crippen LogP contribution in [0.3, 0.4) is 0 Å². The van der Waals surface area contributed by atoms with Gasteiger partial charge >= 0.3 is 0 Å². The van der Waals surface area contributed by atoms with E-state index >= 15 is 0 Å². The normalized spacial score (nSPS) is 12.0. The second kappa shape index (κ2) is 10.9. The van der Waals surface area contributed by atoms with Gasteiger partial charge in [-0.2, -0.15) is 0 Å². The van der Waals surface area contributed by atoms with Crippen LogP contribution in [0.15, 0.2) is 170 Å². The maximum Gasteiger partial charge on any atom is 0.0534 e. The van der Waals surface area contributed by atoms with E-state index in [0.29, 0.717) is 0 Å². The van der Waals surface area contributed by atoms with E-state index in [4.69, 9.17) is 0 Å². The third-order valence-electron chi connectivity index (χ3n) is 10.5. The van der Waals surface area contributed by atoms with Crippen LogP contribution in [0.25, 0.3) is 106 Å². The minimum Gasteiger partial charge on any atom is -0.134 e. The van der Waals surface area contributed by atoms with E-state index in [9.17, 15) is 0 Å². The molecule has 0 bridgehead atoms. The molecule has 0 atom stereocenters. The van der Waals surface area contributed by atoms with Gasteiger partial charge < -0.3 is 0 Å². The molecule has 0 saturated carbocycles. The van der Waals surface area contributed by atoms with Crippen molar-refractivity contribution in [2.45, 2.75) is 0 Å². The van der Waals surface area contributed by atoms with Gasteiger partial charge in [0.2, 0.25) is 0 Å². The van der Waals surface area contributed by atoms with Gasteiger partial charge in [0, 0.05) is 36.3 Å². The molecule has 2 heteroatoms. The van der Waals surface area contributed by atoms with E-state index in [1.807, 2.05) is 22.7 Å². The Labute approximate surface area is 297 Å². The van der Waals surface area contributed by atoms with Crippen molar-refractivity contribution in [3.63, 3.8) is 0 Å². The molecule has 0 aliphatic rings.